The number of nitrogens with one attached hydrogen (secondary N) is 1. The number of methoxy groups -OCH3 is 1. The van der Waals surface area contributed by atoms with E-state index in [1.807, 2.05) is 56.3 Å². The van der Waals surface area contributed by atoms with E-state index in [1.54, 1.807) is 0 Å². The van der Waals surface area contributed by atoms with Gasteiger partial charge >= 0.3 is 5.97 Å². The Morgan fingerprint density at radius 2 is 1.95 bits per heavy atom. The number of hydrogen-bond donors (Lipinski definition) is 1. The fraction of sp³-hybridized carbons (Fsp3) is 0.444. The van der Waals surface area contributed by atoms with Crippen LogP contribution in [0.25, 0.3) is 0 Å². The van der Waals surface area contributed by atoms with E-state index in [1.165, 1.54) is 7.11 Å². The molecule has 0 fully saturated rings. The smallest absolute Gasteiger partial charge is 0.310 e. The van der Waals surface area contributed by atoms with Crippen LogP contribution in [0.3, 0.4) is 0 Å². The van der Waals surface area contributed by atoms with Crippen LogP contribution in [0.1, 0.15) is 38.3 Å². The predicted octanol–water partition coefficient (Wildman–Crippen LogP) is 3.01. The van der Waals surface area contributed by atoms with E-state index in [4.69, 9.17) is 4.74 Å². The van der Waals surface area contributed by atoms with Gasteiger partial charge in [-0.3, -0.25) is 9.59 Å². The van der Waals surface area contributed by atoms with E-state index >= 15 is 0 Å². The third kappa shape index (κ3) is 3.21. The maximum atomic E-state index is 12.8. The van der Waals surface area contributed by atoms with E-state index in [9.17, 15) is 9.59 Å². The highest BCUT2D eigenvalue weighted by molar-refractivity contribution is 5.89. The number of allylic oxidation sites excluding steroid dienone is 2. The van der Waals surface area contributed by atoms with Crippen LogP contribution in [0.15, 0.2) is 42.5 Å². The van der Waals surface area contributed by atoms with E-state index in [0.717, 1.165) is 5.56 Å². The van der Waals surface area contributed by atoms with E-state index in [2.05, 4.69) is 5.32 Å². The lowest BCUT2D eigenvalue weighted by Crippen LogP contribution is -2.48. The van der Waals surface area contributed by atoms with Crippen molar-refractivity contribution in [2.45, 2.75) is 32.7 Å². The summed E-state index contributed by atoms with van der Waals surface area (Å²) in [6.45, 7) is 3.79. The molecule has 22 heavy (non-hydrogen) atoms. The number of carbonyl (C=O) groups excluding carboxylic acids is 2. The van der Waals surface area contributed by atoms with Gasteiger partial charge < -0.3 is 10.1 Å². The first-order chi connectivity index (χ1) is 10.5. The second-order valence-corrected chi connectivity index (χ2v) is 6.01. The molecule has 118 valence electrons. The topological polar surface area (TPSA) is 55.4 Å². The Hall–Kier alpha value is -2.10. The molecule has 1 amide bonds. The molecular formula is C18H23NO3. The van der Waals surface area contributed by atoms with Gasteiger partial charge in [-0.2, -0.15) is 0 Å². The maximum absolute atomic E-state index is 12.8. The number of rotatable bonds is 4. The van der Waals surface area contributed by atoms with Gasteiger partial charge in [-0.25, -0.2) is 0 Å². The average Bonchev–Trinajstić information content (AvgIpc) is 2.55. The molecule has 0 unspecified atom stereocenters. The second-order valence-electron chi connectivity index (χ2n) is 6.01. The molecule has 0 aromatic heterocycles. The molecule has 4 heteroatoms. The van der Waals surface area contributed by atoms with Crippen LogP contribution >= 0.6 is 0 Å². The molecule has 0 saturated carbocycles. The van der Waals surface area contributed by atoms with Gasteiger partial charge in [0.2, 0.25) is 5.91 Å². The normalized spacial score (nSPS) is 25.3. The van der Waals surface area contributed by atoms with E-state index in [-0.39, 0.29) is 17.9 Å². The zero-order chi connectivity index (χ0) is 16.2. The third-order valence-electron chi connectivity index (χ3n) is 4.50. The first-order valence-corrected chi connectivity index (χ1v) is 7.57. The maximum Gasteiger partial charge on any atom is 0.310 e. The van der Waals surface area contributed by atoms with Gasteiger partial charge in [0.1, 0.15) is 0 Å². The van der Waals surface area contributed by atoms with Crippen molar-refractivity contribution < 1.29 is 14.3 Å². The van der Waals surface area contributed by atoms with Crippen LogP contribution in [-0.2, 0) is 14.3 Å². The highest BCUT2D eigenvalue weighted by atomic mass is 16.5. The Bertz CT molecular complexity index is 567. The van der Waals surface area contributed by atoms with E-state index in [0.29, 0.717) is 12.8 Å². The van der Waals surface area contributed by atoms with Gasteiger partial charge in [0.05, 0.1) is 24.5 Å². The molecule has 1 aromatic carbocycles. The average molecular weight is 301 g/mol. The molecule has 0 aliphatic heterocycles. The van der Waals surface area contributed by atoms with E-state index < -0.39 is 11.3 Å². The fourth-order valence-electron chi connectivity index (χ4n) is 2.90. The van der Waals surface area contributed by atoms with Crippen LogP contribution < -0.4 is 5.32 Å². The first-order valence-electron chi connectivity index (χ1n) is 7.57. The summed E-state index contributed by atoms with van der Waals surface area (Å²) in [5, 5.41) is 3.03. The Labute approximate surface area is 131 Å². The minimum atomic E-state index is -0.773. The first kappa shape index (κ1) is 16.3. The summed E-state index contributed by atoms with van der Waals surface area (Å²) in [5.74, 6) is -0.872. The molecule has 1 aliphatic carbocycles. The Balaban J connectivity index is 2.15. The molecule has 2 rings (SSSR count). The van der Waals surface area contributed by atoms with Crippen molar-refractivity contribution in [1.82, 2.24) is 5.32 Å². The number of ether oxygens (including phenoxy) is 1. The van der Waals surface area contributed by atoms with Crippen LogP contribution in [0.5, 0.6) is 0 Å². The Kier molecular flexibility index (Phi) is 5.01. The lowest BCUT2D eigenvalue weighted by Gasteiger charge is -2.36. The molecule has 4 nitrogen and oxygen atoms in total. The molecule has 0 heterocycles. The Morgan fingerprint density at radius 3 is 2.59 bits per heavy atom. The van der Waals surface area contributed by atoms with Crippen molar-refractivity contribution in [2.75, 3.05) is 7.11 Å². The molecule has 3 atom stereocenters. The van der Waals surface area contributed by atoms with Crippen molar-refractivity contribution >= 4 is 11.9 Å². The summed E-state index contributed by atoms with van der Waals surface area (Å²) in [5.41, 5.74) is 0.269. The lowest BCUT2D eigenvalue weighted by atomic mass is 9.69. The van der Waals surface area contributed by atoms with Gasteiger partial charge in [0.15, 0.2) is 0 Å². The molecule has 1 aliphatic rings. The van der Waals surface area contributed by atoms with Gasteiger partial charge in [0.25, 0.3) is 0 Å². The summed E-state index contributed by atoms with van der Waals surface area (Å²) in [7, 11) is 1.37. The molecule has 1 aromatic rings. The van der Waals surface area contributed by atoms with Crippen LogP contribution in [0, 0.1) is 11.3 Å². The molecule has 1 N–H and O–H groups in total. The van der Waals surface area contributed by atoms with Gasteiger partial charge in [-0.1, -0.05) is 42.5 Å². The third-order valence-corrected chi connectivity index (χ3v) is 4.50. The zero-order valence-corrected chi connectivity index (χ0v) is 13.3. The second kappa shape index (κ2) is 6.77. The van der Waals surface area contributed by atoms with Crippen LogP contribution in [0.4, 0.5) is 0 Å². The molecule has 0 spiro atoms. The van der Waals surface area contributed by atoms with Gasteiger partial charge in [-0.15, -0.1) is 0 Å². The number of benzene rings is 1. The van der Waals surface area contributed by atoms with Crippen molar-refractivity contribution in [3.63, 3.8) is 0 Å². The van der Waals surface area contributed by atoms with Crippen molar-refractivity contribution in [3.05, 3.63) is 48.0 Å². The summed E-state index contributed by atoms with van der Waals surface area (Å²) in [6.07, 6.45) is 4.99. The quantitative estimate of drug-likeness (QED) is 0.687. The van der Waals surface area contributed by atoms with Crippen LogP contribution in [-0.4, -0.2) is 19.0 Å². The summed E-state index contributed by atoms with van der Waals surface area (Å²) < 4.78 is 4.87. The highest BCUT2D eigenvalue weighted by Gasteiger charge is 2.46. The lowest BCUT2D eigenvalue weighted by molar-refractivity contribution is -0.155. The summed E-state index contributed by atoms with van der Waals surface area (Å²) in [4.78, 5) is 24.8. The fourth-order valence-corrected chi connectivity index (χ4v) is 2.90. The van der Waals surface area contributed by atoms with Gasteiger partial charge in [0, 0.05) is 0 Å². The minimum Gasteiger partial charge on any atom is -0.469 e. The molecular weight excluding hydrogens is 278 g/mol. The largest absolute Gasteiger partial charge is 0.469 e. The number of esters is 1. The van der Waals surface area contributed by atoms with Crippen molar-refractivity contribution in [2.24, 2.45) is 11.3 Å². The number of hydrogen-bond acceptors (Lipinski definition) is 3. The standard InChI is InChI=1S/C18H23NO3/c1-13(14-9-5-4-6-10-14)19-17(21)18(2)12-8-7-11-15(18)16(20)22-3/h4-10,13,15H,11-12H2,1-3H3,(H,19,21)/t13-,15+,18+/m1/s1. The SMILES string of the molecule is COC(=O)[C@@H]1CC=CC[C@]1(C)C(=O)N[C@H](C)c1ccccc1. The molecule has 0 bridgehead atoms. The zero-order valence-electron chi connectivity index (χ0n) is 13.3. The minimum absolute atomic E-state index is 0.102. The molecule has 0 radical (unpaired) electrons. The van der Waals surface area contributed by atoms with Crippen molar-refractivity contribution in [3.8, 4) is 0 Å². The monoisotopic (exact) mass is 301 g/mol. The summed E-state index contributed by atoms with van der Waals surface area (Å²) in [6, 6.07) is 9.69. The summed E-state index contributed by atoms with van der Waals surface area (Å²) >= 11 is 0. The predicted molar refractivity (Wildman–Crippen MR) is 85.0 cm³/mol. The number of carbonyl (C=O) groups is 2. The van der Waals surface area contributed by atoms with Gasteiger partial charge in [-0.05, 0) is 32.3 Å². The van der Waals surface area contributed by atoms with Crippen LogP contribution in [0.2, 0.25) is 0 Å². The molecule has 0 saturated heterocycles. The highest BCUT2D eigenvalue weighted by Crippen LogP contribution is 2.39. The van der Waals surface area contributed by atoms with Crippen molar-refractivity contribution in [1.29, 1.82) is 0 Å². The number of amides is 1. The Morgan fingerprint density at radius 1 is 1.27 bits per heavy atom.